The van der Waals surface area contributed by atoms with E-state index in [-0.39, 0.29) is 17.6 Å². The molecular formula is C20H19N3O4. The van der Waals surface area contributed by atoms with Crippen molar-refractivity contribution in [2.24, 2.45) is 0 Å². The van der Waals surface area contributed by atoms with Gasteiger partial charge in [-0.1, -0.05) is 30.3 Å². The molecule has 7 nitrogen and oxygen atoms in total. The predicted molar refractivity (Wildman–Crippen MR) is 99.4 cm³/mol. The Balaban J connectivity index is 1.51. The highest BCUT2D eigenvalue weighted by molar-refractivity contribution is 5.96. The Labute approximate surface area is 155 Å². The fraction of sp³-hybridized carbons (Fsp3) is 0.250. The summed E-state index contributed by atoms with van der Waals surface area (Å²) in [6, 6.07) is 14.3. The number of fused-ring (bicyclic) bond motifs is 1. The molecule has 2 heterocycles. The molecule has 1 amide bonds. The Bertz CT molecular complexity index is 1070. The molecule has 0 spiro atoms. The molecule has 0 radical (unpaired) electrons. The number of ether oxygens (including phenoxy) is 1. The molecule has 3 aromatic rings. The summed E-state index contributed by atoms with van der Waals surface area (Å²) in [4.78, 5) is 39.3. The second kappa shape index (κ2) is 6.75. The lowest BCUT2D eigenvalue weighted by Crippen LogP contribution is -2.28. The first-order valence-corrected chi connectivity index (χ1v) is 8.85. The van der Waals surface area contributed by atoms with Crippen molar-refractivity contribution in [3.05, 3.63) is 70.1 Å². The van der Waals surface area contributed by atoms with Crippen molar-refractivity contribution in [2.75, 3.05) is 0 Å². The van der Waals surface area contributed by atoms with Crippen LogP contribution in [0.5, 0.6) is 0 Å². The van der Waals surface area contributed by atoms with Crippen LogP contribution in [0.1, 0.15) is 35.3 Å². The zero-order valence-corrected chi connectivity index (χ0v) is 14.8. The summed E-state index contributed by atoms with van der Waals surface area (Å²) < 4.78 is 7.01. The number of H-pyrrole nitrogens is 1. The normalized spacial score (nSPS) is 19.2. The summed E-state index contributed by atoms with van der Waals surface area (Å²) in [5.74, 6) is -0.889. The lowest BCUT2D eigenvalue weighted by molar-refractivity contribution is -0.126. The first-order chi connectivity index (χ1) is 13.1. The highest BCUT2D eigenvalue weighted by Crippen LogP contribution is 2.26. The van der Waals surface area contributed by atoms with Gasteiger partial charge in [-0.25, -0.2) is 9.59 Å². The van der Waals surface area contributed by atoms with Crippen LogP contribution in [0, 0.1) is 0 Å². The molecular weight excluding hydrogens is 346 g/mol. The molecule has 1 aromatic heterocycles. The van der Waals surface area contributed by atoms with Gasteiger partial charge in [-0.05, 0) is 30.7 Å². The van der Waals surface area contributed by atoms with E-state index in [2.05, 4.69) is 10.3 Å². The summed E-state index contributed by atoms with van der Waals surface area (Å²) in [5, 5.41) is 2.86. The van der Waals surface area contributed by atoms with Crippen LogP contribution >= 0.6 is 0 Å². The van der Waals surface area contributed by atoms with E-state index in [0.29, 0.717) is 24.0 Å². The molecule has 138 valence electrons. The molecule has 27 heavy (non-hydrogen) atoms. The summed E-state index contributed by atoms with van der Waals surface area (Å²) in [7, 11) is 0. The number of benzene rings is 2. The molecule has 0 aliphatic carbocycles. The number of rotatable bonds is 4. The molecule has 2 atom stereocenters. The van der Waals surface area contributed by atoms with Crippen molar-refractivity contribution in [3.63, 3.8) is 0 Å². The van der Waals surface area contributed by atoms with Crippen molar-refractivity contribution < 1.29 is 14.3 Å². The van der Waals surface area contributed by atoms with E-state index in [9.17, 15) is 14.4 Å². The average molecular weight is 365 g/mol. The summed E-state index contributed by atoms with van der Waals surface area (Å²) in [6.07, 6.45) is -0.447. The topological polar surface area (TPSA) is 93.2 Å². The molecule has 2 N–H and O–H groups in total. The largest absolute Gasteiger partial charge is 0.449 e. The molecule has 1 aliphatic heterocycles. The molecule has 4 rings (SSSR count). The van der Waals surface area contributed by atoms with Crippen LogP contribution in [0.3, 0.4) is 0 Å². The summed E-state index contributed by atoms with van der Waals surface area (Å²) in [6.45, 7) is 2.41. The number of esters is 1. The molecule has 0 bridgehead atoms. The molecule has 1 aliphatic rings. The van der Waals surface area contributed by atoms with E-state index >= 15 is 0 Å². The molecule has 2 unspecified atom stereocenters. The molecule has 1 saturated heterocycles. The highest BCUT2D eigenvalue weighted by Gasteiger charge is 2.35. The standard InChI is InChI=1S/C20H19N3O4/c1-2-23-16-9-8-13(10-15(16)22-20(23)26)19(25)27-17-11-14(21-18(17)24)12-6-4-3-5-7-12/h3-10,14,17H,2,11H2,1H3,(H,21,24)(H,22,26). The van der Waals surface area contributed by atoms with Crippen molar-refractivity contribution in [2.45, 2.75) is 32.0 Å². The molecule has 2 aromatic carbocycles. The maximum Gasteiger partial charge on any atom is 0.338 e. The van der Waals surface area contributed by atoms with Gasteiger partial charge in [0.25, 0.3) is 5.91 Å². The van der Waals surface area contributed by atoms with Gasteiger partial charge in [0.05, 0.1) is 22.6 Å². The van der Waals surface area contributed by atoms with Crippen molar-refractivity contribution in [1.29, 1.82) is 0 Å². The predicted octanol–water partition coefficient (Wildman–Crippen LogP) is 2.14. The minimum absolute atomic E-state index is 0.172. The van der Waals surface area contributed by atoms with Gasteiger partial charge in [0.15, 0.2) is 6.10 Å². The van der Waals surface area contributed by atoms with Gasteiger partial charge in [0.1, 0.15) is 0 Å². The van der Waals surface area contributed by atoms with Crippen LogP contribution in [0.15, 0.2) is 53.3 Å². The number of hydrogen-bond acceptors (Lipinski definition) is 4. The number of aryl methyl sites for hydroxylation is 1. The Morgan fingerprint density at radius 2 is 1.96 bits per heavy atom. The van der Waals surface area contributed by atoms with Crippen molar-refractivity contribution in [3.8, 4) is 0 Å². The number of aromatic amines is 1. The van der Waals surface area contributed by atoms with Gasteiger partial charge in [0, 0.05) is 13.0 Å². The van der Waals surface area contributed by atoms with E-state index < -0.39 is 12.1 Å². The molecule has 7 heteroatoms. The van der Waals surface area contributed by atoms with Gasteiger partial charge < -0.3 is 15.0 Å². The third-order valence-electron chi connectivity index (χ3n) is 4.84. The van der Waals surface area contributed by atoms with E-state index in [1.807, 2.05) is 37.3 Å². The SMILES string of the molecule is CCn1c(=O)[nH]c2cc(C(=O)OC3CC(c4ccccc4)NC3=O)ccc21. The van der Waals surface area contributed by atoms with Gasteiger partial charge in [-0.3, -0.25) is 9.36 Å². The van der Waals surface area contributed by atoms with Crippen LogP contribution in [-0.4, -0.2) is 27.5 Å². The number of aromatic nitrogens is 2. The van der Waals surface area contributed by atoms with Crippen molar-refractivity contribution >= 4 is 22.9 Å². The van der Waals surface area contributed by atoms with Crippen LogP contribution in [0.2, 0.25) is 0 Å². The Hall–Kier alpha value is -3.35. The number of imidazole rings is 1. The number of nitrogens with zero attached hydrogens (tertiary/aromatic N) is 1. The monoisotopic (exact) mass is 365 g/mol. The highest BCUT2D eigenvalue weighted by atomic mass is 16.5. The number of amides is 1. The quantitative estimate of drug-likeness (QED) is 0.693. The lowest BCUT2D eigenvalue weighted by Gasteiger charge is -2.11. The number of carbonyl (C=O) groups excluding carboxylic acids is 2. The minimum atomic E-state index is -0.835. The molecule has 1 fully saturated rings. The van der Waals surface area contributed by atoms with Gasteiger partial charge in [-0.15, -0.1) is 0 Å². The third-order valence-corrected chi connectivity index (χ3v) is 4.84. The third kappa shape index (κ3) is 3.12. The number of nitrogens with one attached hydrogen (secondary N) is 2. The fourth-order valence-electron chi connectivity index (χ4n) is 3.45. The first-order valence-electron chi connectivity index (χ1n) is 8.85. The zero-order valence-electron chi connectivity index (χ0n) is 14.8. The Kier molecular flexibility index (Phi) is 4.27. The lowest BCUT2D eigenvalue weighted by atomic mass is 10.0. The second-order valence-corrected chi connectivity index (χ2v) is 6.51. The first kappa shape index (κ1) is 17.1. The smallest absolute Gasteiger partial charge is 0.338 e. The van der Waals surface area contributed by atoms with Gasteiger partial charge in [0.2, 0.25) is 0 Å². The van der Waals surface area contributed by atoms with Gasteiger partial charge >= 0.3 is 11.7 Å². The van der Waals surface area contributed by atoms with Gasteiger partial charge in [-0.2, -0.15) is 0 Å². The van der Waals surface area contributed by atoms with E-state index in [0.717, 1.165) is 11.1 Å². The van der Waals surface area contributed by atoms with Crippen LogP contribution in [0.4, 0.5) is 0 Å². The number of hydrogen-bond donors (Lipinski definition) is 2. The molecule has 0 saturated carbocycles. The second-order valence-electron chi connectivity index (χ2n) is 6.51. The van der Waals surface area contributed by atoms with E-state index in [4.69, 9.17) is 4.74 Å². The minimum Gasteiger partial charge on any atom is -0.449 e. The maximum atomic E-state index is 12.5. The van der Waals surface area contributed by atoms with Crippen LogP contribution in [0.25, 0.3) is 11.0 Å². The zero-order chi connectivity index (χ0) is 19.0. The van der Waals surface area contributed by atoms with Crippen LogP contribution in [-0.2, 0) is 16.1 Å². The van der Waals surface area contributed by atoms with E-state index in [1.54, 1.807) is 22.8 Å². The average Bonchev–Trinajstić information content (AvgIpc) is 3.20. The van der Waals surface area contributed by atoms with Crippen LogP contribution < -0.4 is 11.0 Å². The summed E-state index contributed by atoms with van der Waals surface area (Å²) in [5.41, 5.74) is 2.34. The Morgan fingerprint density at radius 3 is 2.70 bits per heavy atom. The maximum absolute atomic E-state index is 12.5. The summed E-state index contributed by atoms with van der Waals surface area (Å²) >= 11 is 0. The fourth-order valence-corrected chi connectivity index (χ4v) is 3.45. The number of carbonyl (C=O) groups is 2. The van der Waals surface area contributed by atoms with Crippen molar-refractivity contribution in [1.82, 2.24) is 14.9 Å². The van der Waals surface area contributed by atoms with E-state index in [1.165, 1.54) is 0 Å². The Morgan fingerprint density at radius 1 is 1.19 bits per heavy atom.